The number of hydrogen-bond donors (Lipinski definition) is 2. The molecule has 2 aromatic rings. The van der Waals surface area contributed by atoms with Crippen LogP contribution in [-0.4, -0.2) is 11.9 Å². The molecule has 0 spiro atoms. The molecule has 1 atom stereocenters. The lowest BCUT2D eigenvalue weighted by Crippen LogP contribution is -2.37. The standard InChI is InChI=1S/C15H17ClN2OS/c1-10-5-6-12(8-14(10)16)18-11(2)15(19)17-9-13-4-3-7-20-13/h3-8,11,18H,9H2,1-2H3,(H,17,19)/t11-/m1/s1. The zero-order valence-corrected chi connectivity index (χ0v) is 13.0. The molecule has 0 aliphatic rings. The molecule has 0 aliphatic heterocycles. The Kier molecular flexibility index (Phi) is 5.04. The summed E-state index contributed by atoms with van der Waals surface area (Å²) in [7, 11) is 0. The van der Waals surface area contributed by atoms with Crippen molar-refractivity contribution in [2.75, 3.05) is 5.32 Å². The molecule has 0 aliphatic carbocycles. The van der Waals surface area contributed by atoms with Crippen molar-refractivity contribution >= 4 is 34.5 Å². The zero-order valence-electron chi connectivity index (χ0n) is 11.4. The first kappa shape index (κ1) is 14.9. The Hall–Kier alpha value is -1.52. The maximum absolute atomic E-state index is 12.0. The summed E-state index contributed by atoms with van der Waals surface area (Å²) in [5, 5.41) is 8.75. The van der Waals surface area contributed by atoms with Gasteiger partial charge in [-0.15, -0.1) is 11.3 Å². The van der Waals surface area contributed by atoms with Crippen molar-refractivity contribution in [3.05, 3.63) is 51.2 Å². The quantitative estimate of drug-likeness (QED) is 0.881. The Morgan fingerprint density at radius 3 is 2.85 bits per heavy atom. The summed E-state index contributed by atoms with van der Waals surface area (Å²) in [4.78, 5) is 13.1. The summed E-state index contributed by atoms with van der Waals surface area (Å²) in [6.07, 6.45) is 0. The highest BCUT2D eigenvalue weighted by Crippen LogP contribution is 2.20. The molecular weight excluding hydrogens is 292 g/mol. The minimum absolute atomic E-state index is 0.0323. The number of benzene rings is 1. The minimum atomic E-state index is -0.311. The van der Waals surface area contributed by atoms with E-state index in [4.69, 9.17) is 11.6 Å². The monoisotopic (exact) mass is 308 g/mol. The van der Waals surface area contributed by atoms with Crippen LogP contribution in [-0.2, 0) is 11.3 Å². The van der Waals surface area contributed by atoms with E-state index in [9.17, 15) is 4.79 Å². The molecule has 0 bridgehead atoms. The van der Waals surface area contributed by atoms with E-state index < -0.39 is 0 Å². The van der Waals surface area contributed by atoms with E-state index >= 15 is 0 Å². The molecule has 0 fully saturated rings. The molecule has 3 nitrogen and oxygen atoms in total. The number of aryl methyl sites for hydroxylation is 1. The molecule has 0 saturated carbocycles. The Balaban J connectivity index is 1.88. The summed E-state index contributed by atoms with van der Waals surface area (Å²) in [5.74, 6) is -0.0323. The van der Waals surface area contributed by atoms with Crippen LogP contribution in [0.15, 0.2) is 35.7 Å². The molecule has 0 unspecified atom stereocenters. The number of rotatable bonds is 5. The predicted octanol–water partition coefficient (Wildman–Crippen LogP) is 3.83. The third kappa shape index (κ3) is 3.99. The normalized spacial score (nSPS) is 11.9. The summed E-state index contributed by atoms with van der Waals surface area (Å²) in [5.41, 5.74) is 1.87. The summed E-state index contributed by atoms with van der Waals surface area (Å²) >= 11 is 7.70. The SMILES string of the molecule is Cc1ccc(N[C@H](C)C(=O)NCc2cccs2)cc1Cl. The molecular formula is C15H17ClN2OS. The molecule has 0 saturated heterocycles. The highest BCUT2D eigenvalue weighted by Gasteiger charge is 2.12. The second-order valence-electron chi connectivity index (χ2n) is 4.63. The molecule has 1 aromatic carbocycles. The maximum Gasteiger partial charge on any atom is 0.242 e. The Morgan fingerprint density at radius 2 is 2.20 bits per heavy atom. The number of thiophene rings is 1. The van der Waals surface area contributed by atoms with Gasteiger partial charge in [-0.05, 0) is 43.0 Å². The summed E-state index contributed by atoms with van der Waals surface area (Å²) in [6, 6.07) is 9.35. The third-order valence-corrected chi connectivity index (χ3v) is 4.25. The zero-order chi connectivity index (χ0) is 14.5. The first-order valence-electron chi connectivity index (χ1n) is 6.39. The fraction of sp³-hybridized carbons (Fsp3) is 0.267. The van der Waals surface area contributed by atoms with Gasteiger partial charge in [0.1, 0.15) is 6.04 Å². The van der Waals surface area contributed by atoms with Crippen LogP contribution in [0.2, 0.25) is 5.02 Å². The first-order chi connectivity index (χ1) is 9.56. The fourth-order valence-electron chi connectivity index (χ4n) is 1.74. The molecule has 106 valence electrons. The van der Waals surface area contributed by atoms with E-state index in [-0.39, 0.29) is 11.9 Å². The third-order valence-electron chi connectivity index (χ3n) is 2.97. The summed E-state index contributed by atoms with van der Waals surface area (Å²) < 4.78 is 0. The van der Waals surface area contributed by atoms with Crippen LogP contribution in [0.25, 0.3) is 0 Å². The topological polar surface area (TPSA) is 41.1 Å². The molecule has 1 amide bonds. The fourth-order valence-corrected chi connectivity index (χ4v) is 2.56. The van der Waals surface area contributed by atoms with Crippen LogP contribution < -0.4 is 10.6 Å². The number of amides is 1. The van der Waals surface area contributed by atoms with E-state index in [1.807, 2.05) is 49.6 Å². The van der Waals surface area contributed by atoms with Gasteiger partial charge in [0.15, 0.2) is 0 Å². The molecule has 20 heavy (non-hydrogen) atoms. The van der Waals surface area contributed by atoms with Gasteiger partial charge in [0.05, 0.1) is 6.54 Å². The minimum Gasteiger partial charge on any atom is -0.374 e. The molecule has 0 radical (unpaired) electrons. The van der Waals surface area contributed by atoms with Gasteiger partial charge < -0.3 is 10.6 Å². The highest BCUT2D eigenvalue weighted by atomic mass is 35.5. The lowest BCUT2D eigenvalue weighted by Gasteiger charge is -2.15. The van der Waals surface area contributed by atoms with Crippen LogP contribution in [0.1, 0.15) is 17.4 Å². The smallest absolute Gasteiger partial charge is 0.242 e. The number of carbonyl (C=O) groups is 1. The second kappa shape index (κ2) is 6.77. The van der Waals surface area contributed by atoms with Crippen LogP contribution in [0.4, 0.5) is 5.69 Å². The highest BCUT2D eigenvalue weighted by molar-refractivity contribution is 7.09. The van der Waals surface area contributed by atoms with Crippen LogP contribution in [0.5, 0.6) is 0 Å². The van der Waals surface area contributed by atoms with E-state index in [1.165, 1.54) is 0 Å². The van der Waals surface area contributed by atoms with Crippen molar-refractivity contribution in [1.29, 1.82) is 0 Å². The molecule has 2 rings (SSSR count). The van der Waals surface area contributed by atoms with E-state index in [1.54, 1.807) is 11.3 Å². The van der Waals surface area contributed by atoms with Crippen molar-refractivity contribution in [3.63, 3.8) is 0 Å². The van der Waals surface area contributed by atoms with Gasteiger partial charge in [0.2, 0.25) is 5.91 Å². The van der Waals surface area contributed by atoms with E-state index in [2.05, 4.69) is 10.6 Å². The van der Waals surface area contributed by atoms with Crippen molar-refractivity contribution in [3.8, 4) is 0 Å². The predicted molar refractivity (Wildman–Crippen MR) is 85.4 cm³/mol. The average molecular weight is 309 g/mol. The number of anilines is 1. The number of hydrogen-bond acceptors (Lipinski definition) is 3. The van der Waals surface area contributed by atoms with Crippen molar-refractivity contribution in [1.82, 2.24) is 5.32 Å². The average Bonchev–Trinajstić information content (AvgIpc) is 2.93. The largest absolute Gasteiger partial charge is 0.374 e. The van der Waals surface area contributed by atoms with E-state index in [0.717, 1.165) is 16.1 Å². The second-order valence-corrected chi connectivity index (χ2v) is 6.07. The van der Waals surface area contributed by atoms with Gasteiger partial charge in [0.25, 0.3) is 0 Å². The molecule has 1 heterocycles. The Bertz CT molecular complexity index is 584. The van der Waals surface area contributed by atoms with Gasteiger partial charge in [-0.3, -0.25) is 4.79 Å². The lowest BCUT2D eigenvalue weighted by atomic mass is 10.2. The van der Waals surface area contributed by atoms with Crippen molar-refractivity contribution in [2.24, 2.45) is 0 Å². The summed E-state index contributed by atoms with van der Waals surface area (Å²) in [6.45, 7) is 4.35. The van der Waals surface area contributed by atoms with Crippen LogP contribution in [0, 0.1) is 6.92 Å². The van der Waals surface area contributed by atoms with Crippen molar-refractivity contribution < 1.29 is 4.79 Å². The Labute approximate surface area is 128 Å². The van der Waals surface area contributed by atoms with Crippen LogP contribution >= 0.6 is 22.9 Å². The molecule has 1 aromatic heterocycles. The van der Waals surface area contributed by atoms with Gasteiger partial charge >= 0.3 is 0 Å². The number of carbonyl (C=O) groups excluding carboxylic acids is 1. The van der Waals surface area contributed by atoms with Crippen LogP contribution in [0.3, 0.4) is 0 Å². The number of halogens is 1. The Morgan fingerprint density at radius 1 is 1.40 bits per heavy atom. The van der Waals surface area contributed by atoms with Crippen molar-refractivity contribution in [2.45, 2.75) is 26.4 Å². The van der Waals surface area contributed by atoms with E-state index in [0.29, 0.717) is 11.6 Å². The van der Waals surface area contributed by atoms with Gasteiger partial charge in [0, 0.05) is 15.6 Å². The molecule has 5 heteroatoms. The van der Waals surface area contributed by atoms with Gasteiger partial charge in [-0.1, -0.05) is 23.7 Å². The number of nitrogens with one attached hydrogen (secondary N) is 2. The van der Waals surface area contributed by atoms with Gasteiger partial charge in [-0.25, -0.2) is 0 Å². The maximum atomic E-state index is 12.0. The lowest BCUT2D eigenvalue weighted by molar-refractivity contribution is -0.121. The first-order valence-corrected chi connectivity index (χ1v) is 7.65. The molecule has 2 N–H and O–H groups in total. The van der Waals surface area contributed by atoms with Gasteiger partial charge in [-0.2, -0.15) is 0 Å².